The van der Waals surface area contributed by atoms with Gasteiger partial charge in [0.15, 0.2) is 0 Å². The van der Waals surface area contributed by atoms with Crippen molar-refractivity contribution in [1.29, 1.82) is 0 Å². The molecule has 0 bridgehead atoms. The highest BCUT2D eigenvalue weighted by Crippen LogP contribution is 2.27. The standard InChI is InChI=1S/C16H19FN2/c1-4-12-6-5-7-19-16(12)15(18)14-11(3)8-10(2)9-13(14)17/h5-9,15H,4,18H2,1-3H3. The van der Waals surface area contributed by atoms with Crippen molar-refractivity contribution in [3.8, 4) is 0 Å². The van der Waals surface area contributed by atoms with Crippen LogP contribution in [0, 0.1) is 19.7 Å². The minimum atomic E-state index is -0.517. The summed E-state index contributed by atoms with van der Waals surface area (Å²) in [5, 5.41) is 0. The molecule has 1 atom stereocenters. The van der Waals surface area contributed by atoms with Gasteiger partial charge in [-0.25, -0.2) is 4.39 Å². The maximum Gasteiger partial charge on any atom is 0.128 e. The molecule has 19 heavy (non-hydrogen) atoms. The summed E-state index contributed by atoms with van der Waals surface area (Å²) in [7, 11) is 0. The summed E-state index contributed by atoms with van der Waals surface area (Å²) in [4.78, 5) is 4.34. The van der Waals surface area contributed by atoms with Crippen LogP contribution in [0.4, 0.5) is 4.39 Å². The highest BCUT2D eigenvalue weighted by Gasteiger charge is 2.19. The molecule has 100 valence electrons. The highest BCUT2D eigenvalue weighted by atomic mass is 19.1. The van der Waals surface area contributed by atoms with E-state index in [1.54, 1.807) is 6.20 Å². The molecule has 1 unspecified atom stereocenters. The summed E-state index contributed by atoms with van der Waals surface area (Å²) in [5.74, 6) is -0.252. The second-order valence-corrected chi connectivity index (χ2v) is 4.86. The van der Waals surface area contributed by atoms with Crippen LogP contribution in [-0.2, 0) is 6.42 Å². The van der Waals surface area contributed by atoms with Crippen LogP contribution in [0.2, 0.25) is 0 Å². The Hall–Kier alpha value is -1.74. The molecule has 3 heteroatoms. The predicted molar refractivity (Wildman–Crippen MR) is 75.5 cm³/mol. The minimum absolute atomic E-state index is 0.252. The molecule has 0 amide bonds. The molecule has 0 aliphatic carbocycles. The lowest BCUT2D eigenvalue weighted by atomic mass is 9.94. The number of nitrogens with two attached hydrogens (primary N) is 1. The summed E-state index contributed by atoms with van der Waals surface area (Å²) < 4.78 is 14.2. The van der Waals surface area contributed by atoms with E-state index in [1.807, 2.05) is 39.0 Å². The van der Waals surface area contributed by atoms with E-state index in [0.717, 1.165) is 28.8 Å². The molecular weight excluding hydrogens is 239 g/mol. The second kappa shape index (κ2) is 5.49. The zero-order valence-electron chi connectivity index (χ0n) is 11.6. The maximum atomic E-state index is 14.2. The number of benzene rings is 1. The number of rotatable bonds is 3. The van der Waals surface area contributed by atoms with E-state index in [9.17, 15) is 4.39 Å². The largest absolute Gasteiger partial charge is 0.319 e. The van der Waals surface area contributed by atoms with Crippen LogP contribution in [0.1, 0.15) is 40.9 Å². The first kappa shape index (κ1) is 13.7. The van der Waals surface area contributed by atoms with Gasteiger partial charge in [0.05, 0.1) is 11.7 Å². The van der Waals surface area contributed by atoms with E-state index >= 15 is 0 Å². The monoisotopic (exact) mass is 258 g/mol. The lowest BCUT2D eigenvalue weighted by Gasteiger charge is -2.18. The van der Waals surface area contributed by atoms with Crippen molar-refractivity contribution in [2.24, 2.45) is 5.73 Å². The zero-order chi connectivity index (χ0) is 14.0. The molecule has 1 heterocycles. The Morgan fingerprint density at radius 3 is 2.68 bits per heavy atom. The van der Waals surface area contributed by atoms with Gasteiger partial charge >= 0.3 is 0 Å². The van der Waals surface area contributed by atoms with Gasteiger partial charge in [-0.15, -0.1) is 0 Å². The Morgan fingerprint density at radius 2 is 2.05 bits per heavy atom. The average molecular weight is 258 g/mol. The fourth-order valence-electron chi connectivity index (χ4n) is 2.49. The molecule has 0 fully saturated rings. The van der Waals surface area contributed by atoms with Crippen LogP contribution in [0.3, 0.4) is 0 Å². The van der Waals surface area contributed by atoms with Crippen molar-refractivity contribution in [3.05, 3.63) is 64.2 Å². The van der Waals surface area contributed by atoms with Gasteiger partial charge in [0.1, 0.15) is 5.82 Å². The molecule has 1 aromatic heterocycles. The van der Waals surface area contributed by atoms with Crippen molar-refractivity contribution in [2.45, 2.75) is 33.2 Å². The second-order valence-electron chi connectivity index (χ2n) is 4.86. The number of halogens is 1. The Bertz CT molecular complexity index is 570. The van der Waals surface area contributed by atoms with E-state index in [2.05, 4.69) is 4.98 Å². The van der Waals surface area contributed by atoms with E-state index < -0.39 is 6.04 Å². The van der Waals surface area contributed by atoms with Crippen LogP contribution in [-0.4, -0.2) is 4.98 Å². The van der Waals surface area contributed by atoms with E-state index in [4.69, 9.17) is 5.73 Å². The molecule has 2 aromatic rings. The van der Waals surface area contributed by atoms with Crippen LogP contribution in [0.5, 0.6) is 0 Å². The van der Waals surface area contributed by atoms with Crippen molar-refractivity contribution >= 4 is 0 Å². The van der Waals surface area contributed by atoms with Crippen molar-refractivity contribution in [3.63, 3.8) is 0 Å². The SMILES string of the molecule is CCc1cccnc1C(N)c1c(C)cc(C)cc1F. The Balaban J connectivity index is 2.53. The van der Waals surface area contributed by atoms with Gasteiger partial charge in [0, 0.05) is 11.8 Å². The van der Waals surface area contributed by atoms with Gasteiger partial charge in [-0.3, -0.25) is 4.98 Å². The summed E-state index contributed by atoms with van der Waals surface area (Å²) in [6.45, 7) is 5.81. The first-order valence-electron chi connectivity index (χ1n) is 6.50. The number of aromatic nitrogens is 1. The molecule has 2 rings (SSSR count). The smallest absolute Gasteiger partial charge is 0.128 e. The van der Waals surface area contributed by atoms with Crippen molar-refractivity contribution in [2.75, 3.05) is 0 Å². The Kier molecular flexibility index (Phi) is 3.96. The first-order chi connectivity index (χ1) is 9.04. The quantitative estimate of drug-likeness (QED) is 0.915. The molecule has 2 nitrogen and oxygen atoms in total. The number of nitrogens with zero attached hydrogens (tertiary/aromatic N) is 1. The van der Waals surface area contributed by atoms with Crippen LogP contribution >= 0.6 is 0 Å². The number of hydrogen-bond acceptors (Lipinski definition) is 2. The molecular formula is C16H19FN2. The van der Waals surface area contributed by atoms with Gasteiger partial charge in [0.25, 0.3) is 0 Å². The molecule has 0 aliphatic rings. The number of aryl methyl sites for hydroxylation is 3. The minimum Gasteiger partial charge on any atom is -0.319 e. The van der Waals surface area contributed by atoms with Crippen molar-refractivity contribution in [1.82, 2.24) is 4.98 Å². The lowest BCUT2D eigenvalue weighted by molar-refractivity contribution is 0.592. The molecule has 0 spiro atoms. The van der Waals surface area contributed by atoms with Gasteiger partial charge in [-0.2, -0.15) is 0 Å². The maximum absolute atomic E-state index is 14.2. The van der Waals surface area contributed by atoms with E-state index in [1.165, 1.54) is 6.07 Å². The highest BCUT2D eigenvalue weighted by molar-refractivity contribution is 5.40. The summed E-state index contributed by atoms with van der Waals surface area (Å²) in [6, 6.07) is 6.83. The molecule has 0 saturated heterocycles. The predicted octanol–water partition coefficient (Wildman–Crippen LogP) is 3.45. The normalized spacial score (nSPS) is 12.5. The number of pyridine rings is 1. The molecule has 2 N–H and O–H groups in total. The van der Waals surface area contributed by atoms with Crippen molar-refractivity contribution < 1.29 is 4.39 Å². The van der Waals surface area contributed by atoms with E-state index in [-0.39, 0.29) is 5.82 Å². The molecule has 0 saturated carbocycles. The van der Waals surface area contributed by atoms with E-state index in [0.29, 0.717) is 5.56 Å². The average Bonchev–Trinajstić information content (AvgIpc) is 2.37. The fraction of sp³-hybridized carbons (Fsp3) is 0.312. The topological polar surface area (TPSA) is 38.9 Å². The Morgan fingerprint density at radius 1 is 1.32 bits per heavy atom. The van der Waals surface area contributed by atoms with Crippen LogP contribution in [0.15, 0.2) is 30.5 Å². The summed E-state index contributed by atoms with van der Waals surface area (Å²) in [6.07, 6.45) is 2.54. The number of hydrogen-bond donors (Lipinski definition) is 1. The molecule has 1 aromatic carbocycles. The zero-order valence-corrected chi connectivity index (χ0v) is 11.6. The Labute approximate surface area is 113 Å². The molecule has 0 aliphatic heterocycles. The van der Waals surface area contributed by atoms with Gasteiger partial charge in [0.2, 0.25) is 0 Å². The third kappa shape index (κ3) is 2.66. The summed E-state index contributed by atoms with van der Waals surface area (Å²) in [5.41, 5.74) is 10.4. The fourth-order valence-corrected chi connectivity index (χ4v) is 2.49. The summed E-state index contributed by atoms with van der Waals surface area (Å²) >= 11 is 0. The van der Waals surface area contributed by atoms with Crippen LogP contribution in [0.25, 0.3) is 0 Å². The first-order valence-corrected chi connectivity index (χ1v) is 6.50. The van der Waals surface area contributed by atoms with Gasteiger partial charge in [-0.05, 0) is 49.1 Å². The van der Waals surface area contributed by atoms with Crippen LogP contribution < -0.4 is 5.73 Å². The lowest BCUT2D eigenvalue weighted by Crippen LogP contribution is -2.18. The molecule has 0 radical (unpaired) electrons. The van der Waals surface area contributed by atoms with Gasteiger partial charge < -0.3 is 5.73 Å². The third-order valence-electron chi connectivity index (χ3n) is 3.39. The third-order valence-corrected chi connectivity index (χ3v) is 3.39. The van der Waals surface area contributed by atoms with Gasteiger partial charge in [-0.1, -0.05) is 19.1 Å².